The van der Waals surface area contributed by atoms with Crippen molar-refractivity contribution in [3.05, 3.63) is 57.6 Å². The number of pyridine rings is 1. The van der Waals surface area contributed by atoms with E-state index in [4.69, 9.17) is 27.9 Å². The molecule has 1 aromatic heterocycles. The fraction of sp³-hybridized carbons (Fsp3) is 0.500. The largest absolute Gasteiger partial charge is 0.465 e. The molecule has 0 unspecified atom stereocenters. The van der Waals surface area contributed by atoms with Gasteiger partial charge in [-0.3, -0.25) is 14.9 Å². The zero-order valence-corrected chi connectivity index (χ0v) is 21.4. The van der Waals surface area contributed by atoms with Gasteiger partial charge >= 0.3 is 5.97 Å². The van der Waals surface area contributed by atoms with Gasteiger partial charge in [0, 0.05) is 28.4 Å². The lowest BCUT2D eigenvalue weighted by molar-refractivity contribution is -0.146. The number of carbonyl (C=O) groups excluding carboxylic acids is 2. The number of halogens is 3. The highest BCUT2D eigenvalue weighted by atomic mass is 35.5. The Morgan fingerprint density at radius 1 is 1.20 bits per heavy atom. The summed E-state index contributed by atoms with van der Waals surface area (Å²) >= 11 is 12.4. The number of amides is 1. The van der Waals surface area contributed by atoms with Crippen molar-refractivity contribution in [2.24, 2.45) is 5.41 Å². The summed E-state index contributed by atoms with van der Waals surface area (Å²) in [6, 6.07) is 5.80. The number of ether oxygens (including phenoxy) is 1. The topological polar surface area (TPSA) is 80.3 Å². The average molecular weight is 520 g/mol. The Morgan fingerprint density at radius 2 is 1.91 bits per heavy atom. The number of esters is 1. The first-order chi connectivity index (χ1) is 16.6. The van der Waals surface area contributed by atoms with E-state index in [0.29, 0.717) is 29.1 Å². The first-order valence-electron chi connectivity index (χ1n) is 11.9. The second kappa shape index (κ2) is 8.43. The number of carbonyl (C=O) groups is 2. The van der Waals surface area contributed by atoms with Crippen molar-refractivity contribution in [3.63, 3.8) is 0 Å². The molecular formula is C26H28Cl2FN3O3. The maximum Gasteiger partial charge on any atom is 0.323 e. The molecule has 3 aliphatic rings. The van der Waals surface area contributed by atoms with Crippen molar-refractivity contribution in [3.8, 4) is 0 Å². The number of hydrogen-bond donors (Lipinski definition) is 2. The molecule has 1 aliphatic carbocycles. The Balaban J connectivity index is 1.82. The number of aromatic nitrogens is 1. The standard InChI is InChI=1S/C26H28Cl2FN3O3/c1-4-35-22(33)20-18(15-7-12-30-21(28)19(15)29)26(25(32-20)10-8-24(2,3)9-11-25)16-6-5-14(27)13-17(16)31-23(26)34/h5-7,12-13,18,20,32H,4,8-11H2,1-3H3,(H,31,34)/t18-,20+,26+/m0/s1. The molecule has 9 heteroatoms. The molecule has 1 aromatic carbocycles. The highest BCUT2D eigenvalue weighted by molar-refractivity contribution is 6.31. The van der Waals surface area contributed by atoms with E-state index in [1.807, 2.05) is 6.07 Å². The number of nitrogens with zero attached hydrogens (tertiary/aromatic N) is 1. The van der Waals surface area contributed by atoms with Gasteiger partial charge in [0.2, 0.25) is 5.91 Å². The van der Waals surface area contributed by atoms with Crippen LogP contribution in [0.4, 0.5) is 10.1 Å². The summed E-state index contributed by atoms with van der Waals surface area (Å²) in [5.74, 6) is -2.46. The van der Waals surface area contributed by atoms with E-state index in [1.54, 1.807) is 19.1 Å². The molecular weight excluding hydrogens is 492 g/mol. The first-order valence-corrected chi connectivity index (χ1v) is 12.7. The van der Waals surface area contributed by atoms with Crippen LogP contribution in [-0.2, 0) is 19.7 Å². The summed E-state index contributed by atoms with van der Waals surface area (Å²) < 4.78 is 21.1. The van der Waals surface area contributed by atoms with Gasteiger partial charge in [-0.1, -0.05) is 43.1 Å². The van der Waals surface area contributed by atoms with Crippen LogP contribution < -0.4 is 10.6 Å². The molecule has 1 amide bonds. The molecule has 5 rings (SSSR count). The van der Waals surface area contributed by atoms with E-state index in [0.717, 1.165) is 12.8 Å². The van der Waals surface area contributed by atoms with Gasteiger partial charge in [-0.15, -0.1) is 0 Å². The molecule has 2 aliphatic heterocycles. The Bertz CT molecular complexity index is 1210. The van der Waals surface area contributed by atoms with E-state index >= 15 is 4.39 Å². The SMILES string of the molecule is CCOC(=O)[C@@H]1NC2(CCC(C)(C)CC2)[C@@]2(C(=O)Nc3cc(Cl)ccc32)[C@H]1c1ccnc(Cl)c1F. The molecule has 3 heterocycles. The van der Waals surface area contributed by atoms with Crippen LogP contribution in [0.5, 0.6) is 0 Å². The van der Waals surface area contributed by atoms with Crippen LogP contribution in [0.3, 0.4) is 0 Å². The van der Waals surface area contributed by atoms with E-state index in [9.17, 15) is 9.59 Å². The fourth-order valence-electron chi connectivity index (χ4n) is 6.54. The van der Waals surface area contributed by atoms with E-state index in [2.05, 4.69) is 29.5 Å². The van der Waals surface area contributed by atoms with Crippen molar-refractivity contribution < 1.29 is 18.7 Å². The lowest BCUT2D eigenvalue weighted by Gasteiger charge is -2.50. The predicted octanol–water partition coefficient (Wildman–Crippen LogP) is 5.38. The van der Waals surface area contributed by atoms with Gasteiger partial charge in [0.05, 0.1) is 6.61 Å². The second-order valence-corrected chi connectivity index (χ2v) is 11.3. The molecule has 2 spiro atoms. The van der Waals surface area contributed by atoms with Crippen molar-refractivity contribution in [2.75, 3.05) is 11.9 Å². The molecule has 1 saturated carbocycles. The third kappa shape index (κ3) is 3.50. The maximum absolute atomic E-state index is 15.6. The van der Waals surface area contributed by atoms with Gasteiger partial charge in [0.1, 0.15) is 11.5 Å². The molecule has 3 atom stereocenters. The number of nitrogens with one attached hydrogen (secondary N) is 2. The van der Waals surface area contributed by atoms with Crippen molar-refractivity contribution in [1.82, 2.24) is 10.3 Å². The summed E-state index contributed by atoms with van der Waals surface area (Å²) in [7, 11) is 0. The lowest BCUT2D eigenvalue weighted by atomic mass is 9.53. The molecule has 35 heavy (non-hydrogen) atoms. The van der Waals surface area contributed by atoms with E-state index in [1.165, 1.54) is 12.3 Å². The Labute approximate surface area is 213 Å². The second-order valence-electron chi connectivity index (χ2n) is 10.6. The van der Waals surface area contributed by atoms with Crippen LogP contribution in [0.15, 0.2) is 30.5 Å². The van der Waals surface area contributed by atoms with Gasteiger partial charge in [-0.2, -0.15) is 0 Å². The average Bonchev–Trinajstić information content (AvgIpc) is 3.26. The number of anilines is 1. The van der Waals surface area contributed by atoms with Gasteiger partial charge in [0.15, 0.2) is 11.0 Å². The van der Waals surface area contributed by atoms with E-state index in [-0.39, 0.29) is 28.6 Å². The maximum atomic E-state index is 15.6. The smallest absolute Gasteiger partial charge is 0.323 e. The normalized spacial score (nSPS) is 28.2. The summed E-state index contributed by atoms with van der Waals surface area (Å²) in [6.07, 6.45) is 4.32. The third-order valence-corrected chi connectivity index (χ3v) is 8.71. The molecule has 6 nitrogen and oxygen atoms in total. The first kappa shape index (κ1) is 24.5. The number of benzene rings is 1. The van der Waals surface area contributed by atoms with Crippen molar-refractivity contribution in [2.45, 2.75) is 69.4 Å². The molecule has 0 radical (unpaired) electrons. The van der Waals surface area contributed by atoms with Gasteiger partial charge in [-0.05, 0) is 67.3 Å². The van der Waals surface area contributed by atoms with Gasteiger partial charge in [-0.25, -0.2) is 9.37 Å². The molecule has 2 N–H and O–H groups in total. The zero-order valence-electron chi connectivity index (χ0n) is 19.9. The lowest BCUT2D eigenvalue weighted by Crippen LogP contribution is -2.61. The minimum Gasteiger partial charge on any atom is -0.465 e. The predicted molar refractivity (Wildman–Crippen MR) is 132 cm³/mol. The summed E-state index contributed by atoms with van der Waals surface area (Å²) in [5, 5.41) is 6.72. The molecule has 186 valence electrons. The van der Waals surface area contributed by atoms with E-state index < -0.39 is 34.7 Å². The Kier molecular flexibility index (Phi) is 5.89. The Morgan fingerprint density at radius 3 is 2.60 bits per heavy atom. The molecule has 0 bridgehead atoms. The highest BCUT2D eigenvalue weighted by Gasteiger charge is 2.73. The van der Waals surface area contributed by atoms with Gasteiger partial charge < -0.3 is 10.1 Å². The number of fused-ring (bicyclic) bond motifs is 3. The van der Waals surface area contributed by atoms with Crippen LogP contribution in [0.2, 0.25) is 10.2 Å². The van der Waals surface area contributed by atoms with Crippen LogP contribution >= 0.6 is 23.2 Å². The van der Waals surface area contributed by atoms with Crippen LogP contribution in [0, 0.1) is 11.2 Å². The van der Waals surface area contributed by atoms with Crippen LogP contribution in [-0.4, -0.2) is 35.0 Å². The minimum absolute atomic E-state index is 0.0781. The van der Waals surface area contributed by atoms with Gasteiger partial charge in [0.25, 0.3) is 0 Å². The quantitative estimate of drug-likeness (QED) is 0.420. The third-order valence-electron chi connectivity index (χ3n) is 8.21. The minimum atomic E-state index is -1.29. The zero-order chi connectivity index (χ0) is 25.2. The Hall–Kier alpha value is -2.22. The monoisotopic (exact) mass is 519 g/mol. The molecule has 1 saturated heterocycles. The molecule has 2 aromatic rings. The fourth-order valence-corrected chi connectivity index (χ4v) is 6.88. The highest BCUT2D eigenvalue weighted by Crippen LogP contribution is 2.64. The van der Waals surface area contributed by atoms with Crippen LogP contribution in [0.1, 0.15) is 63.5 Å². The number of rotatable bonds is 3. The number of hydrogen-bond acceptors (Lipinski definition) is 5. The summed E-state index contributed by atoms with van der Waals surface area (Å²) in [6.45, 7) is 6.29. The molecule has 2 fully saturated rings. The van der Waals surface area contributed by atoms with Crippen molar-refractivity contribution in [1.29, 1.82) is 0 Å². The summed E-state index contributed by atoms with van der Waals surface area (Å²) in [4.78, 5) is 31.4. The van der Waals surface area contributed by atoms with Crippen LogP contribution in [0.25, 0.3) is 0 Å². The summed E-state index contributed by atoms with van der Waals surface area (Å²) in [5.41, 5.74) is -0.584. The van der Waals surface area contributed by atoms with Crippen molar-refractivity contribution >= 4 is 40.8 Å².